The summed E-state index contributed by atoms with van der Waals surface area (Å²) in [7, 11) is 0. The minimum Gasteiger partial charge on any atom is -0.259 e. The van der Waals surface area contributed by atoms with Gasteiger partial charge in [-0.2, -0.15) is 0 Å². The first kappa shape index (κ1) is 14.3. The van der Waals surface area contributed by atoms with Crippen LogP contribution >= 0.6 is 11.8 Å². The molecule has 0 unspecified atom stereocenters. The van der Waals surface area contributed by atoms with Crippen molar-refractivity contribution in [1.29, 1.82) is 0 Å². The Morgan fingerprint density at radius 2 is 1.80 bits per heavy atom. The summed E-state index contributed by atoms with van der Waals surface area (Å²) in [6.45, 7) is 1.51. The minimum absolute atomic E-state index is 0.151. The van der Waals surface area contributed by atoms with Crippen molar-refractivity contribution in [3.8, 4) is 0 Å². The van der Waals surface area contributed by atoms with E-state index in [9.17, 15) is 10.1 Å². The summed E-state index contributed by atoms with van der Waals surface area (Å²) in [6.07, 6.45) is 1.62. The predicted octanol–water partition coefficient (Wildman–Crippen LogP) is 4.62. The molecule has 2 aromatic rings. The van der Waals surface area contributed by atoms with Gasteiger partial charge in [-0.15, -0.1) is 11.8 Å². The highest BCUT2D eigenvalue weighted by atomic mass is 32.2. The van der Waals surface area contributed by atoms with Gasteiger partial charge in [0.1, 0.15) is 0 Å². The fourth-order valence-corrected chi connectivity index (χ4v) is 2.73. The molecular formula is C16H15NO2S. The number of allylic oxidation sites excluding steroid dienone is 1. The molecule has 4 heteroatoms. The van der Waals surface area contributed by atoms with Gasteiger partial charge in [-0.3, -0.25) is 10.1 Å². The first-order valence-corrected chi connectivity index (χ1v) is 7.24. The summed E-state index contributed by atoms with van der Waals surface area (Å²) in [5.41, 5.74) is 2.28. The van der Waals surface area contributed by atoms with Gasteiger partial charge >= 0.3 is 0 Å². The predicted molar refractivity (Wildman–Crippen MR) is 83.1 cm³/mol. The molecule has 0 fully saturated rings. The lowest BCUT2D eigenvalue weighted by Gasteiger charge is -2.05. The molecule has 0 N–H and O–H groups in total. The van der Waals surface area contributed by atoms with Gasteiger partial charge in [0.2, 0.25) is 5.70 Å². The maximum atomic E-state index is 10.7. The summed E-state index contributed by atoms with van der Waals surface area (Å²) in [5.74, 6) is 0.850. The average molecular weight is 285 g/mol. The molecule has 0 bridgehead atoms. The van der Waals surface area contributed by atoms with Crippen LogP contribution in [0.15, 0.2) is 65.2 Å². The first-order chi connectivity index (χ1) is 9.66. The molecular weight excluding hydrogens is 270 g/mol. The highest BCUT2D eigenvalue weighted by Crippen LogP contribution is 2.27. The molecule has 0 aromatic heterocycles. The van der Waals surface area contributed by atoms with E-state index in [2.05, 4.69) is 12.1 Å². The number of benzene rings is 2. The molecule has 20 heavy (non-hydrogen) atoms. The van der Waals surface area contributed by atoms with E-state index in [4.69, 9.17) is 0 Å². The molecule has 0 radical (unpaired) electrons. The molecule has 0 aliphatic heterocycles. The van der Waals surface area contributed by atoms with E-state index in [-0.39, 0.29) is 10.6 Å². The summed E-state index contributed by atoms with van der Waals surface area (Å²) < 4.78 is 0. The Morgan fingerprint density at radius 3 is 2.50 bits per heavy atom. The van der Waals surface area contributed by atoms with E-state index in [0.29, 0.717) is 0 Å². The van der Waals surface area contributed by atoms with Gasteiger partial charge in [0.05, 0.1) is 4.92 Å². The second-order valence-corrected chi connectivity index (χ2v) is 5.37. The monoisotopic (exact) mass is 285 g/mol. The van der Waals surface area contributed by atoms with Crippen molar-refractivity contribution in [2.75, 3.05) is 0 Å². The molecule has 0 heterocycles. The van der Waals surface area contributed by atoms with E-state index in [1.807, 2.05) is 42.5 Å². The summed E-state index contributed by atoms with van der Waals surface area (Å²) in [4.78, 5) is 11.4. The van der Waals surface area contributed by atoms with Crippen molar-refractivity contribution in [2.45, 2.75) is 17.6 Å². The van der Waals surface area contributed by atoms with E-state index < -0.39 is 0 Å². The zero-order chi connectivity index (χ0) is 14.4. The van der Waals surface area contributed by atoms with Crippen LogP contribution in [0.5, 0.6) is 0 Å². The molecule has 0 saturated carbocycles. The Kier molecular flexibility index (Phi) is 4.96. The van der Waals surface area contributed by atoms with Crippen LogP contribution in [0.2, 0.25) is 0 Å². The van der Waals surface area contributed by atoms with Crippen molar-refractivity contribution >= 4 is 17.8 Å². The lowest BCUT2D eigenvalue weighted by atomic mass is 10.2. The molecule has 0 aliphatic rings. The maximum absolute atomic E-state index is 10.7. The molecule has 0 spiro atoms. The van der Waals surface area contributed by atoms with Crippen LogP contribution < -0.4 is 0 Å². The third-order valence-electron chi connectivity index (χ3n) is 2.81. The van der Waals surface area contributed by atoms with Gasteiger partial charge in [0.25, 0.3) is 0 Å². The number of hydrogen-bond donors (Lipinski definition) is 0. The number of nitro groups is 1. The zero-order valence-corrected chi connectivity index (χ0v) is 12.0. The molecule has 0 atom stereocenters. The lowest BCUT2D eigenvalue weighted by Crippen LogP contribution is -1.93. The van der Waals surface area contributed by atoms with E-state index >= 15 is 0 Å². The molecule has 2 rings (SSSR count). The summed E-state index contributed by atoms with van der Waals surface area (Å²) in [5, 5.41) is 10.7. The first-order valence-electron chi connectivity index (χ1n) is 6.25. The number of nitrogens with zero attached hydrogens (tertiary/aromatic N) is 1. The number of rotatable bonds is 5. The normalized spacial score (nSPS) is 11.3. The molecule has 3 nitrogen and oxygen atoms in total. The number of hydrogen-bond acceptors (Lipinski definition) is 3. The fourth-order valence-electron chi connectivity index (χ4n) is 1.74. The Labute approximate surface area is 122 Å². The van der Waals surface area contributed by atoms with Crippen molar-refractivity contribution < 1.29 is 4.92 Å². The van der Waals surface area contributed by atoms with Crippen LogP contribution in [0, 0.1) is 10.1 Å². The van der Waals surface area contributed by atoms with Crippen LogP contribution in [0.4, 0.5) is 0 Å². The Balaban J connectivity index is 2.16. The number of thioether (sulfide) groups is 1. The van der Waals surface area contributed by atoms with Crippen LogP contribution in [0.25, 0.3) is 6.08 Å². The quantitative estimate of drug-likeness (QED) is 0.457. The molecule has 0 saturated heterocycles. The second-order valence-electron chi connectivity index (χ2n) is 4.35. The van der Waals surface area contributed by atoms with Crippen molar-refractivity contribution in [1.82, 2.24) is 0 Å². The smallest absolute Gasteiger partial charge is 0.243 e. The highest BCUT2D eigenvalue weighted by Gasteiger charge is 2.06. The lowest BCUT2D eigenvalue weighted by molar-refractivity contribution is -0.422. The van der Waals surface area contributed by atoms with Gasteiger partial charge in [0, 0.05) is 23.6 Å². The van der Waals surface area contributed by atoms with Gasteiger partial charge in [0.15, 0.2) is 0 Å². The Morgan fingerprint density at radius 1 is 1.15 bits per heavy atom. The van der Waals surface area contributed by atoms with Crippen LogP contribution in [-0.4, -0.2) is 4.92 Å². The topological polar surface area (TPSA) is 43.1 Å². The maximum Gasteiger partial charge on any atom is 0.243 e. The Bertz CT molecular complexity index is 623. The summed E-state index contributed by atoms with van der Waals surface area (Å²) >= 11 is 1.69. The average Bonchev–Trinajstić information content (AvgIpc) is 2.47. The summed E-state index contributed by atoms with van der Waals surface area (Å²) in [6, 6.07) is 17.9. The third-order valence-corrected chi connectivity index (χ3v) is 3.97. The van der Waals surface area contributed by atoms with Crippen LogP contribution in [0.1, 0.15) is 18.1 Å². The van der Waals surface area contributed by atoms with Crippen LogP contribution in [-0.2, 0) is 5.75 Å². The SMILES string of the molecule is C/C(=C\c1ccccc1SCc1ccccc1)[N+](=O)[O-]. The minimum atomic E-state index is -0.362. The molecule has 102 valence electrons. The van der Waals surface area contributed by atoms with Crippen molar-refractivity contribution in [2.24, 2.45) is 0 Å². The Hall–Kier alpha value is -2.07. The molecule has 0 aliphatic carbocycles. The fraction of sp³-hybridized carbons (Fsp3) is 0.125. The molecule has 2 aromatic carbocycles. The van der Waals surface area contributed by atoms with Crippen LogP contribution in [0.3, 0.4) is 0 Å². The van der Waals surface area contributed by atoms with Crippen molar-refractivity contribution in [3.63, 3.8) is 0 Å². The zero-order valence-electron chi connectivity index (χ0n) is 11.2. The standard InChI is InChI=1S/C16H15NO2S/c1-13(17(18)19)11-15-9-5-6-10-16(15)20-12-14-7-3-2-4-8-14/h2-11H,12H2,1H3/b13-11+. The van der Waals surface area contributed by atoms with E-state index in [1.165, 1.54) is 12.5 Å². The third kappa shape index (κ3) is 3.96. The van der Waals surface area contributed by atoms with Gasteiger partial charge < -0.3 is 0 Å². The van der Waals surface area contributed by atoms with Gasteiger partial charge in [-0.1, -0.05) is 48.5 Å². The van der Waals surface area contributed by atoms with E-state index in [0.717, 1.165) is 16.2 Å². The largest absolute Gasteiger partial charge is 0.259 e. The molecule has 0 amide bonds. The van der Waals surface area contributed by atoms with Crippen molar-refractivity contribution in [3.05, 3.63) is 81.5 Å². The van der Waals surface area contributed by atoms with Gasteiger partial charge in [-0.25, -0.2) is 0 Å². The highest BCUT2D eigenvalue weighted by molar-refractivity contribution is 7.98. The second kappa shape index (κ2) is 6.91. The van der Waals surface area contributed by atoms with E-state index in [1.54, 1.807) is 17.8 Å². The van der Waals surface area contributed by atoms with Gasteiger partial charge in [-0.05, 0) is 17.2 Å².